The maximum absolute atomic E-state index is 13.0. The number of pyridine rings is 1. The topological polar surface area (TPSA) is 68.0 Å². The molecule has 3 aromatic heterocycles. The zero-order valence-corrected chi connectivity index (χ0v) is 15.4. The first-order chi connectivity index (χ1) is 13.2. The lowest BCUT2D eigenvalue weighted by Gasteiger charge is -2.16. The summed E-state index contributed by atoms with van der Waals surface area (Å²) in [6, 6.07) is 18.7. The minimum absolute atomic E-state index is 0.183. The van der Waals surface area contributed by atoms with Crippen LogP contribution in [0, 0.1) is 6.92 Å². The number of carbonyl (C=O) groups excluding carboxylic acids is 1. The SMILES string of the molecule is Cc1nc(-c2ccccn2)sc1C(=O)NC(c1ccccc1)c1ccco1. The summed E-state index contributed by atoms with van der Waals surface area (Å²) in [5.41, 5.74) is 2.40. The van der Waals surface area contributed by atoms with Crippen molar-refractivity contribution < 1.29 is 9.21 Å². The number of rotatable bonds is 5. The van der Waals surface area contributed by atoms with E-state index in [1.807, 2.05) is 67.6 Å². The predicted molar refractivity (Wildman–Crippen MR) is 105 cm³/mol. The molecule has 134 valence electrons. The number of aromatic nitrogens is 2. The van der Waals surface area contributed by atoms with Crippen LogP contribution in [-0.2, 0) is 0 Å². The van der Waals surface area contributed by atoms with Gasteiger partial charge in [-0.2, -0.15) is 0 Å². The van der Waals surface area contributed by atoms with E-state index in [1.54, 1.807) is 12.5 Å². The zero-order chi connectivity index (χ0) is 18.6. The lowest BCUT2D eigenvalue weighted by molar-refractivity contribution is 0.0942. The van der Waals surface area contributed by atoms with Gasteiger partial charge in [-0.1, -0.05) is 36.4 Å². The van der Waals surface area contributed by atoms with Crippen molar-refractivity contribution in [3.8, 4) is 10.7 Å². The Balaban J connectivity index is 1.63. The summed E-state index contributed by atoms with van der Waals surface area (Å²) in [6.45, 7) is 1.84. The number of benzene rings is 1. The molecule has 4 aromatic rings. The highest BCUT2D eigenvalue weighted by Gasteiger charge is 2.23. The minimum atomic E-state index is -0.367. The quantitative estimate of drug-likeness (QED) is 0.552. The first kappa shape index (κ1) is 17.2. The summed E-state index contributed by atoms with van der Waals surface area (Å²) in [7, 11) is 0. The van der Waals surface area contributed by atoms with Gasteiger partial charge >= 0.3 is 0 Å². The maximum Gasteiger partial charge on any atom is 0.264 e. The van der Waals surface area contributed by atoms with Gasteiger partial charge in [0.05, 0.1) is 17.7 Å². The second kappa shape index (κ2) is 7.55. The van der Waals surface area contributed by atoms with Gasteiger partial charge in [-0.3, -0.25) is 9.78 Å². The van der Waals surface area contributed by atoms with Crippen LogP contribution in [0.25, 0.3) is 10.7 Å². The standard InChI is InChI=1S/C21H17N3O2S/c1-14-19(27-21(23-14)16-10-5-6-12-22-16)20(25)24-18(17-11-7-13-26-17)15-8-3-2-4-9-15/h2-13,18H,1H3,(H,24,25). The number of carbonyl (C=O) groups is 1. The van der Waals surface area contributed by atoms with E-state index >= 15 is 0 Å². The molecule has 0 radical (unpaired) electrons. The lowest BCUT2D eigenvalue weighted by atomic mass is 10.0. The van der Waals surface area contributed by atoms with Crippen LogP contribution in [-0.4, -0.2) is 15.9 Å². The van der Waals surface area contributed by atoms with Crippen LogP contribution in [0.1, 0.15) is 32.7 Å². The fourth-order valence-electron chi connectivity index (χ4n) is 2.82. The van der Waals surface area contributed by atoms with Gasteiger partial charge in [0.2, 0.25) is 0 Å². The first-order valence-corrected chi connectivity index (χ1v) is 9.32. The first-order valence-electron chi connectivity index (χ1n) is 8.50. The van der Waals surface area contributed by atoms with Gasteiger partial charge in [0.25, 0.3) is 5.91 Å². The summed E-state index contributed by atoms with van der Waals surface area (Å²) < 4.78 is 5.55. The summed E-state index contributed by atoms with van der Waals surface area (Å²) in [5, 5.41) is 3.80. The normalized spacial score (nSPS) is 11.9. The van der Waals surface area contributed by atoms with Gasteiger partial charge < -0.3 is 9.73 Å². The molecule has 0 aliphatic carbocycles. The fourth-order valence-corrected chi connectivity index (χ4v) is 3.77. The Labute approximate surface area is 160 Å². The molecule has 6 heteroatoms. The van der Waals surface area contributed by atoms with Gasteiger partial charge in [0.1, 0.15) is 21.7 Å². The summed E-state index contributed by atoms with van der Waals surface area (Å²) in [4.78, 5) is 22.4. The molecule has 5 nitrogen and oxygen atoms in total. The Morgan fingerprint density at radius 2 is 1.89 bits per heavy atom. The van der Waals surface area contributed by atoms with Crippen molar-refractivity contribution in [2.75, 3.05) is 0 Å². The van der Waals surface area contributed by atoms with E-state index in [-0.39, 0.29) is 11.9 Å². The van der Waals surface area contributed by atoms with Crippen molar-refractivity contribution in [3.63, 3.8) is 0 Å². The second-order valence-corrected chi connectivity index (χ2v) is 6.98. The average Bonchev–Trinajstić information content (AvgIpc) is 3.37. The number of nitrogens with one attached hydrogen (secondary N) is 1. The van der Waals surface area contributed by atoms with Gasteiger partial charge in [-0.25, -0.2) is 4.98 Å². The molecule has 0 bridgehead atoms. The highest BCUT2D eigenvalue weighted by Crippen LogP contribution is 2.28. The Bertz CT molecular complexity index is 1030. The molecule has 3 heterocycles. The molecule has 0 aliphatic rings. The van der Waals surface area contributed by atoms with Crippen molar-refractivity contribution in [1.29, 1.82) is 0 Å². The van der Waals surface area contributed by atoms with Crippen LogP contribution in [0.2, 0.25) is 0 Å². The highest BCUT2D eigenvalue weighted by atomic mass is 32.1. The van der Waals surface area contributed by atoms with Gasteiger partial charge in [0.15, 0.2) is 0 Å². The largest absolute Gasteiger partial charge is 0.467 e. The van der Waals surface area contributed by atoms with Crippen LogP contribution in [0.15, 0.2) is 77.5 Å². The number of hydrogen-bond donors (Lipinski definition) is 1. The molecule has 0 saturated carbocycles. The third kappa shape index (κ3) is 3.66. The van der Waals surface area contributed by atoms with E-state index in [4.69, 9.17) is 4.42 Å². The predicted octanol–water partition coefficient (Wildman–Crippen LogP) is 4.63. The molecular weight excluding hydrogens is 358 g/mol. The van der Waals surface area contributed by atoms with Crippen molar-refractivity contribution in [1.82, 2.24) is 15.3 Å². The number of nitrogens with zero attached hydrogens (tertiary/aromatic N) is 2. The average molecular weight is 375 g/mol. The molecule has 1 atom stereocenters. The molecular formula is C21H17N3O2S. The van der Waals surface area contributed by atoms with E-state index < -0.39 is 0 Å². The number of furan rings is 1. The van der Waals surface area contributed by atoms with E-state index in [9.17, 15) is 4.79 Å². The Hall–Kier alpha value is -3.25. The van der Waals surface area contributed by atoms with Crippen LogP contribution in [0.4, 0.5) is 0 Å². The number of amides is 1. The Morgan fingerprint density at radius 1 is 1.07 bits per heavy atom. The monoisotopic (exact) mass is 375 g/mol. The summed E-state index contributed by atoms with van der Waals surface area (Å²) >= 11 is 1.34. The van der Waals surface area contributed by atoms with Crippen molar-refractivity contribution in [3.05, 3.63) is 95.0 Å². The van der Waals surface area contributed by atoms with Gasteiger partial charge in [0, 0.05) is 6.20 Å². The lowest BCUT2D eigenvalue weighted by Crippen LogP contribution is -2.29. The van der Waals surface area contributed by atoms with Gasteiger partial charge in [-0.15, -0.1) is 11.3 Å². The molecule has 0 saturated heterocycles. The molecule has 27 heavy (non-hydrogen) atoms. The molecule has 0 aliphatic heterocycles. The third-order valence-corrected chi connectivity index (χ3v) is 5.30. The van der Waals surface area contributed by atoms with E-state index in [2.05, 4.69) is 15.3 Å². The Morgan fingerprint density at radius 3 is 2.59 bits per heavy atom. The molecule has 1 N–H and O–H groups in total. The molecule has 4 rings (SSSR count). The number of thiazole rings is 1. The summed E-state index contributed by atoms with van der Waals surface area (Å²) in [5.74, 6) is 0.499. The smallest absolute Gasteiger partial charge is 0.264 e. The molecule has 0 spiro atoms. The van der Waals surface area contributed by atoms with Crippen molar-refractivity contribution in [2.24, 2.45) is 0 Å². The molecule has 1 aromatic carbocycles. The van der Waals surface area contributed by atoms with Gasteiger partial charge in [-0.05, 0) is 36.8 Å². The molecule has 1 unspecified atom stereocenters. The number of aryl methyl sites for hydroxylation is 1. The molecule has 1 amide bonds. The maximum atomic E-state index is 13.0. The van der Waals surface area contributed by atoms with E-state index in [0.717, 1.165) is 16.3 Å². The highest BCUT2D eigenvalue weighted by molar-refractivity contribution is 7.17. The number of hydrogen-bond acceptors (Lipinski definition) is 5. The van der Waals surface area contributed by atoms with E-state index in [0.29, 0.717) is 16.3 Å². The van der Waals surface area contributed by atoms with Crippen LogP contribution < -0.4 is 5.32 Å². The zero-order valence-electron chi connectivity index (χ0n) is 14.6. The Kier molecular flexibility index (Phi) is 4.80. The van der Waals surface area contributed by atoms with Crippen LogP contribution in [0.5, 0.6) is 0 Å². The minimum Gasteiger partial charge on any atom is -0.467 e. The van der Waals surface area contributed by atoms with Crippen molar-refractivity contribution in [2.45, 2.75) is 13.0 Å². The summed E-state index contributed by atoms with van der Waals surface area (Å²) in [6.07, 6.45) is 3.32. The fraction of sp³-hybridized carbons (Fsp3) is 0.0952. The van der Waals surface area contributed by atoms with Crippen LogP contribution >= 0.6 is 11.3 Å². The van der Waals surface area contributed by atoms with E-state index in [1.165, 1.54) is 11.3 Å². The third-order valence-electron chi connectivity index (χ3n) is 4.12. The van der Waals surface area contributed by atoms with Crippen LogP contribution in [0.3, 0.4) is 0 Å². The van der Waals surface area contributed by atoms with Crippen molar-refractivity contribution >= 4 is 17.2 Å². The molecule has 0 fully saturated rings. The second-order valence-electron chi connectivity index (χ2n) is 5.98.